The van der Waals surface area contributed by atoms with Crippen LogP contribution in [0.15, 0.2) is 65.8 Å². The summed E-state index contributed by atoms with van der Waals surface area (Å²) >= 11 is 0. The van der Waals surface area contributed by atoms with Crippen molar-refractivity contribution in [3.05, 3.63) is 76.9 Å². The second-order valence-electron chi connectivity index (χ2n) is 8.14. The van der Waals surface area contributed by atoms with Crippen LogP contribution in [-0.4, -0.2) is 23.1 Å². The van der Waals surface area contributed by atoms with E-state index < -0.39 is 0 Å². The summed E-state index contributed by atoms with van der Waals surface area (Å²) < 4.78 is 5.28. The van der Waals surface area contributed by atoms with Crippen molar-refractivity contribution in [1.29, 1.82) is 0 Å². The number of ketones is 1. The standard InChI is InChI=1S/C26H30O4/c1-17(2)6-4-7-18-10-15-21(26(29)25-23(27)8-5-9-24(25)28)22(16-18)19-11-13-20(30-3)14-12-19/h5-6,8-14,21-22,27-28H,4,7,15-16H2,1-3H3/t21-,22+/m0/s1. The predicted molar refractivity (Wildman–Crippen MR) is 119 cm³/mol. The number of benzene rings is 2. The van der Waals surface area contributed by atoms with Crippen molar-refractivity contribution >= 4 is 5.78 Å². The second kappa shape index (κ2) is 9.66. The van der Waals surface area contributed by atoms with Crippen LogP contribution >= 0.6 is 0 Å². The third kappa shape index (κ3) is 4.93. The SMILES string of the molecule is COc1ccc([C@H]2CC(CCC=C(C)C)=CC[C@@H]2C(=O)c2c(O)cccc2O)cc1. The highest BCUT2D eigenvalue weighted by molar-refractivity contribution is 6.03. The fourth-order valence-electron chi connectivity index (χ4n) is 4.17. The molecule has 0 heterocycles. The lowest BCUT2D eigenvalue weighted by atomic mass is 9.72. The third-order valence-corrected chi connectivity index (χ3v) is 5.79. The molecule has 0 radical (unpaired) electrons. The highest BCUT2D eigenvalue weighted by Gasteiger charge is 2.35. The van der Waals surface area contributed by atoms with E-state index in [0.717, 1.165) is 30.6 Å². The van der Waals surface area contributed by atoms with Gasteiger partial charge in [-0.2, -0.15) is 0 Å². The zero-order valence-corrected chi connectivity index (χ0v) is 17.9. The van der Waals surface area contributed by atoms with Gasteiger partial charge in [-0.1, -0.05) is 41.5 Å². The van der Waals surface area contributed by atoms with Crippen LogP contribution in [-0.2, 0) is 0 Å². The molecule has 1 aliphatic rings. The van der Waals surface area contributed by atoms with E-state index in [1.54, 1.807) is 7.11 Å². The molecular formula is C26H30O4. The van der Waals surface area contributed by atoms with Gasteiger partial charge in [-0.25, -0.2) is 0 Å². The average Bonchev–Trinajstić information content (AvgIpc) is 2.73. The monoisotopic (exact) mass is 406 g/mol. The molecule has 30 heavy (non-hydrogen) atoms. The molecule has 3 rings (SSSR count). The number of hydrogen-bond donors (Lipinski definition) is 2. The number of rotatable bonds is 7. The van der Waals surface area contributed by atoms with E-state index in [1.807, 2.05) is 24.3 Å². The summed E-state index contributed by atoms with van der Waals surface area (Å²) in [6, 6.07) is 12.3. The lowest BCUT2D eigenvalue weighted by Gasteiger charge is -2.31. The molecule has 158 valence electrons. The highest BCUT2D eigenvalue weighted by atomic mass is 16.5. The van der Waals surface area contributed by atoms with Gasteiger partial charge >= 0.3 is 0 Å². The molecule has 2 aromatic rings. The van der Waals surface area contributed by atoms with E-state index in [0.29, 0.717) is 6.42 Å². The number of ether oxygens (including phenoxy) is 1. The highest BCUT2D eigenvalue weighted by Crippen LogP contribution is 2.43. The van der Waals surface area contributed by atoms with Crippen LogP contribution in [0.3, 0.4) is 0 Å². The lowest BCUT2D eigenvalue weighted by molar-refractivity contribution is 0.0889. The number of phenols is 2. The summed E-state index contributed by atoms with van der Waals surface area (Å²) in [5.41, 5.74) is 3.74. The first-order chi connectivity index (χ1) is 14.4. The van der Waals surface area contributed by atoms with E-state index in [-0.39, 0.29) is 34.7 Å². The van der Waals surface area contributed by atoms with Crippen molar-refractivity contribution in [3.8, 4) is 17.2 Å². The molecular weight excluding hydrogens is 376 g/mol. The molecule has 4 heteroatoms. The topological polar surface area (TPSA) is 66.8 Å². The first-order valence-electron chi connectivity index (χ1n) is 10.4. The molecule has 0 aliphatic heterocycles. The van der Waals surface area contributed by atoms with E-state index in [1.165, 1.54) is 29.3 Å². The fraction of sp³-hybridized carbons (Fsp3) is 0.346. The van der Waals surface area contributed by atoms with Crippen LogP contribution in [0.25, 0.3) is 0 Å². The van der Waals surface area contributed by atoms with Crippen molar-refractivity contribution in [2.24, 2.45) is 5.92 Å². The lowest BCUT2D eigenvalue weighted by Crippen LogP contribution is -2.26. The molecule has 2 N–H and O–H groups in total. The Kier molecular flexibility index (Phi) is 6.99. The Labute approximate surface area is 178 Å². The molecule has 0 aromatic heterocycles. The molecule has 0 fully saturated rings. The number of methoxy groups -OCH3 is 1. The number of allylic oxidation sites excluding steroid dienone is 4. The van der Waals surface area contributed by atoms with Gasteiger partial charge in [0.25, 0.3) is 0 Å². The Morgan fingerprint density at radius 1 is 1.10 bits per heavy atom. The average molecular weight is 407 g/mol. The summed E-state index contributed by atoms with van der Waals surface area (Å²) in [6.45, 7) is 4.20. The van der Waals surface area contributed by atoms with Crippen molar-refractivity contribution < 1.29 is 19.7 Å². The van der Waals surface area contributed by atoms with Crippen LogP contribution < -0.4 is 4.74 Å². The van der Waals surface area contributed by atoms with Crippen LogP contribution in [0, 0.1) is 5.92 Å². The smallest absolute Gasteiger partial charge is 0.174 e. The number of carbonyl (C=O) groups excluding carboxylic acids is 1. The van der Waals surface area contributed by atoms with Gasteiger partial charge in [0.2, 0.25) is 0 Å². The number of aromatic hydroxyl groups is 2. The van der Waals surface area contributed by atoms with Crippen LogP contribution in [0.2, 0.25) is 0 Å². The molecule has 1 aliphatic carbocycles. The number of Topliss-reactive ketones (excluding diaryl/α,β-unsaturated/α-hetero) is 1. The Hall–Kier alpha value is -3.01. The maximum absolute atomic E-state index is 13.4. The summed E-state index contributed by atoms with van der Waals surface area (Å²) in [5.74, 6) is -0.154. The second-order valence-corrected chi connectivity index (χ2v) is 8.14. The molecule has 4 nitrogen and oxygen atoms in total. The van der Waals surface area contributed by atoms with Crippen molar-refractivity contribution in [2.75, 3.05) is 7.11 Å². The van der Waals surface area contributed by atoms with E-state index >= 15 is 0 Å². The normalized spacial score (nSPS) is 18.4. The first kappa shape index (κ1) is 21.7. The van der Waals surface area contributed by atoms with Gasteiger partial charge in [-0.05, 0) is 75.3 Å². The van der Waals surface area contributed by atoms with E-state index in [9.17, 15) is 15.0 Å². The summed E-state index contributed by atoms with van der Waals surface area (Å²) in [7, 11) is 1.63. The quantitative estimate of drug-likeness (QED) is 0.427. The molecule has 0 spiro atoms. The molecule has 0 saturated heterocycles. The number of carbonyl (C=O) groups is 1. The molecule has 0 saturated carbocycles. The Bertz CT molecular complexity index is 929. The Balaban J connectivity index is 1.93. The molecule has 0 bridgehead atoms. The van der Waals surface area contributed by atoms with Crippen LogP contribution in [0.5, 0.6) is 17.2 Å². The van der Waals surface area contributed by atoms with E-state index in [2.05, 4.69) is 26.0 Å². The minimum atomic E-state index is -0.343. The van der Waals surface area contributed by atoms with Gasteiger partial charge in [0, 0.05) is 5.92 Å². The van der Waals surface area contributed by atoms with Crippen LogP contribution in [0.4, 0.5) is 0 Å². The molecule has 0 amide bonds. The Morgan fingerprint density at radius 3 is 2.37 bits per heavy atom. The van der Waals surface area contributed by atoms with Crippen molar-refractivity contribution in [2.45, 2.75) is 45.4 Å². The molecule has 0 unspecified atom stereocenters. The minimum Gasteiger partial charge on any atom is -0.507 e. The van der Waals surface area contributed by atoms with E-state index in [4.69, 9.17) is 4.74 Å². The predicted octanol–water partition coefficient (Wildman–Crippen LogP) is 6.16. The molecule has 2 atom stereocenters. The van der Waals surface area contributed by atoms with Gasteiger partial charge in [-0.3, -0.25) is 4.79 Å². The zero-order valence-electron chi connectivity index (χ0n) is 17.9. The maximum Gasteiger partial charge on any atom is 0.174 e. The fourth-order valence-corrected chi connectivity index (χ4v) is 4.17. The first-order valence-corrected chi connectivity index (χ1v) is 10.4. The summed E-state index contributed by atoms with van der Waals surface area (Å²) in [4.78, 5) is 13.4. The Morgan fingerprint density at radius 2 is 1.77 bits per heavy atom. The minimum absolute atomic E-state index is 0.0161. The molecule has 2 aromatic carbocycles. The maximum atomic E-state index is 13.4. The van der Waals surface area contributed by atoms with Crippen molar-refractivity contribution in [3.63, 3.8) is 0 Å². The van der Waals surface area contributed by atoms with Gasteiger partial charge in [0.05, 0.1) is 7.11 Å². The summed E-state index contributed by atoms with van der Waals surface area (Å²) in [5, 5.41) is 20.4. The van der Waals surface area contributed by atoms with Gasteiger partial charge in [-0.15, -0.1) is 0 Å². The van der Waals surface area contributed by atoms with Crippen LogP contribution in [0.1, 0.15) is 61.4 Å². The largest absolute Gasteiger partial charge is 0.507 e. The zero-order chi connectivity index (χ0) is 21.7. The number of hydrogen-bond acceptors (Lipinski definition) is 4. The van der Waals surface area contributed by atoms with Gasteiger partial charge in [0.15, 0.2) is 5.78 Å². The van der Waals surface area contributed by atoms with Gasteiger partial charge < -0.3 is 14.9 Å². The van der Waals surface area contributed by atoms with Crippen molar-refractivity contribution in [1.82, 2.24) is 0 Å². The third-order valence-electron chi connectivity index (χ3n) is 5.79. The summed E-state index contributed by atoms with van der Waals surface area (Å²) in [6.07, 6.45) is 7.74. The number of phenolic OH excluding ortho intramolecular Hbond substituents is 2. The van der Waals surface area contributed by atoms with Gasteiger partial charge in [0.1, 0.15) is 22.8 Å².